The number of hydrogen-bond acceptors (Lipinski definition) is 7. The monoisotopic (exact) mass is 482 g/mol. The number of carbonyl (C=O) groups is 1. The Balaban J connectivity index is 1.66. The summed E-state index contributed by atoms with van der Waals surface area (Å²) in [6.45, 7) is 0.508. The number of benzene rings is 2. The van der Waals surface area contributed by atoms with Gasteiger partial charge in [-0.1, -0.05) is 18.6 Å². The van der Waals surface area contributed by atoms with Crippen LogP contribution in [0.2, 0.25) is 0 Å². The first-order valence-electron chi connectivity index (χ1n) is 10.7. The minimum absolute atomic E-state index is 0.0407. The van der Waals surface area contributed by atoms with Crippen molar-refractivity contribution >= 4 is 33.5 Å². The highest BCUT2D eigenvalue weighted by molar-refractivity contribution is 7.90. The van der Waals surface area contributed by atoms with Crippen molar-refractivity contribution in [3.63, 3.8) is 0 Å². The molecular formula is C24H26N4O5S. The molecule has 2 aromatic carbocycles. The zero-order chi connectivity index (χ0) is 24.4. The van der Waals surface area contributed by atoms with Crippen molar-refractivity contribution in [2.45, 2.75) is 30.6 Å². The van der Waals surface area contributed by atoms with E-state index in [-0.39, 0.29) is 11.5 Å². The molecule has 0 aromatic heterocycles. The van der Waals surface area contributed by atoms with E-state index in [2.05, 4.69) is 15.0 Å². The van der Waals surface area contributed by atoms with E-state index in [0.29, 0.717) is 41.6 Å². The predicted octanol–water partition coefficient (Wildman–Crippen LogP) is 3.50. The predicted molar refractivity (Wildman–Crippen MR) is 129 cm³/mol. The van der Waals surface area contributed by atoms with E-state index < -0.39 is 15.9 Å². The van der Waals surface area contributed by atoms with Crippen LogP contribution in [-0.2, 0) is 14.8 Å². The van der Waals surface area contributed by atoms with Gasteiger partial charge in [0.15, 0.2) is 18.1 Å². The summed E-state index contributed by atoms with van der Waals surface area (Å²) in [5, 5.41) is 11.3. The Morgan fingerprint density at radius 2 is 2.03 bits per heavy atom. The molecule has 2 N–H and O–H groups in total. The number of hydrogen-bond donors (Lipinski definition) is 2. The quantitative estimate of drug-likeness (QED) is 0.554. The highest BCUT2D eigenvalue weighted by atomic mass is 32.2. The summed E-state index contributed by atoms with van der Waals surface area (Å²) < 4.78 is 38.6. The van der Waals surface area contributed by atoms with E-state index in [9.17, 15) is 13.2 Å². The molecule has 0 bridgehead atoms. The Morgan fingerprint density at radius 3 is 2.82 bits per heavy atom. The van der Waals surface area contributed by atoms with Gasteiger partial charge in [-0.15, -0.1) is 0 Å². The maximum absolute atomic E-state index is 12.8. The first-order valence-corrected chi connectivity index (χ1v) is 12.2. The van der Waals surface area contributed by atoms with Crippen LogP contribution in [0, 0.1) is 11.3 Å². The Kier molecular flexibility index (Phi) is 8.65. The Morgan fingerprint density at radius 1 is 1.18 bits per heavy atom. The lowest BCUT2D eigenvalue weighted by molar-refractivity contribution is -0.111. The molecule has 3 rings (SSSR count). The first-order chi connectivity index (χ1) is 16.4. The fourth-order valence-electron chi connectivity index (χ4n) is 3.29. The topological polar surface area (TPSA) is 130 Å². The number of nitrogens with zero attached hydrogens (tertiary/aromatic N) is 2. The van der Waals surface area contributed by atoms with Crippen LogP contribution in [-0.4, -0.2) is 40.4 Å². The van der Waals surface area contributed by atoms with Crippen LogP contribution >= 0.6 is 0 Å². The van der Waals surface area contributed by atoms with Gasteiger partial charge in [0.1, 0.15) is 11.9 Å². The molecule has 0 fully saturated rings. The van der Waals surface area contributed by atoms with E-state index in [1.165, 1.54) is 25.3 Å². The number of aliphatic imine (C=N–C) groups is 1. The van der Waals surface area contributed by atoms with Crippen molar-refractivity contribution in [1.29, 1.82) is 5.26 Å². The number of nitrogens with one attached hydrogen (secondary N) is 2. The molecule has 9 nitrogen and oxygen atoms in total. The fraction of sp³-hybridized carbons (Fsp3) is 0.292. The summed E-state index contributed by atoms with van der Waals surface area (Å²) in [4.78, 5) is 16.7. The highest BCUT2D eigenvalue weighted by Crippen LogP contribution is 2.28. The second-order valence-corrected chi connectivity index (χ2v) is 9.13. The van der Waals surface area contributed by atoms with Crippen LogP contribution in [0.25, 0.3) is 6.08 Å². The van der Waals surface area contributed by atoms with Crippen LogP contribution in [0.5, 0.6) is 11.5 Å². The van der Waals surface area contributed by atoms with Crippen LogP contribution in [0.15, 0.2) is 58.4 Å². The smallest absolute Gasteiger partial charge is 0.262 e. The molecule has 1 aliphatic heterocycles. The number of rotatable bonds is 8. The largest absolute Gasteiger partial charge is 0.493 e. The Labute approximate surface area is 199 Å². The summed E-state index contributed by atoms with van der Waals surface area (Å²) in [5.41, 5.74) is 1.03. The average Bonchev–Trinajstić information content (AvgIpc) is 3.10. The SMILES string of the molecule is COc1cc(/C=C/C(=O)Nc2cccc(S(=O)(=O)NC3=NCCCCC3)c2)ccc1OCC#N. The molecule has 178 valence electrons. The molecule has 1 aliphatic rings. The van der Waals surface area contributed by atoms with Gasteiger partial charge in [-0.05, 0) is 54.8 Å². The van der Waals surface area contributed by atoms with Gasteiger partial charge < -0.3 is 14.8 Å². The standard InChI is InChI=1S/C24H26N4O5S/c1-32-22-16-18(9-11-21(22)33-15-13-25)10-12-24(29)27-19-6-5-7-20(17-19)34(30,31)28-23-8-3-2-4-14-26-23/h5-7,9-12,16-17H,2-4,8,14-15H2,1H3,(H,26,28)(H,27,29)/b12-10+. The third-order valence-corrected chi connectivity index (χ3v) is 6.32. The molecule has 2 aromatic rings. The van der Waals surface area contributed by atoms with Gasteiger partial charge in [0.05, 0.1) is 12.0 Å². The number of amides is 1. The number of ether oxygens (including phenoxy) is 2. The van der Waals surface area contributed by atoms with E-state index >= 15 is 0 Å². The number of sulfonamides is 1. The lowest BCUT2D eigenvalue weighted by Gasteiger charge is -2.11. The normalized spacial score (nSPS) is 13.9. The van der Waals surface area contributed by atoms with Gasteiger partial charge in [0, 0.05) is 24.7 Å². The molecular weight excluding hydrogens is 456 g/mol. The van der Waals surface area contributed by atoms with E-state index in [1.807, 2.05) is 6.07 Å². The fourth-order valence-corrected chi connectivity index (χ4v) is 4.42. The Bertz CT molecular complexity index is 1230. The minimum Gasteiger partial charge on any atom is -0.493 e. The van der Waals surface area contributed by atoms with Gasteiger partial charge in [-0.2, -0.15) is 5.26 Å². The molecule has 0 spiro atoms. The van der Waals surface area contributed by atoms with Crippen molar-refractivity contribution in [2.24, 2.45) is 4.99 Å². The lowest BCUT2D eigenvalue weighted by atomic mass is 10.2. The lowest BCUT2D eigenvalue weighted by Crippen LogP contribution is -2.30. The second-order valence-electron chi connectivity index (χ2n) is 7.45. The highest BCUT2D eigenvalue weighted by Gasteiger charge is 2.18. The zero-order valence-electron chi connectivity index (χ0n) is 18.8. The summed E-state index contributed by atoms with van der Waals surface area (Å²) in [6, 6.07) is 13.0. The molecule has 0 aliphatic carbocycles. The molecule has 0 saturated heterocycles. The summed E-state index contributed by atoms with van der Waals surface area (Å²) in [7, 11) is -2.32. The molecule has 1 amide bonds. The summed E-state index contributed by atoms with van der Waals surface area (Å²) in [5.74, 6) is 0.891. The molecule has 10 heteroatoms. The second kappa shape index (κ2) is 11.9. The maximum atomic E-state index is 12.8. The van der Waals surface area contributed by atoms with Crippen molar-refractivity contribution in [2.75, 3.05) is 25.6 Å². The van der Waals surface area contributed by atoms with Crippen LogP contribution in [0.1, 0.15) is 31.2 Å². The molecule has 0 atom stereocenters. The summed E-state index contributed by atoms with van der Waals surface area (Å²) in [6.07, 6.45) is 6.37. The van der Waals surface area contributed by atoms with Gasteiger partial charge in [0.25, 0.3) is 10.0 Å². The van der Waals surface area contributed by atoms with Crippen molar-refractivity contribution in [1.82, 2.24) is 4.72 Å². The summed E-state index contributed by atoms with van der Waals surface area (Å²) >= 11 is 0. The van der Waals surface area contributed by atoms with Gasteiger partial charge in [-0.25, -0.2) is 8.42 Å². The number of carbonyl (C=O) groups excluding carboxylic acids is 1. The zero-order valence-corrected chi connectivity index (χ0v) is 19.6. The van der Waals surface area contributed by atoms with Crippen molar-refractivity contribution in [3.8, 4) is 17.6 Å². The molecule has 0 saturated carbocycles. The minimum atomic E-state index is -3.80. The van der Waals surface area contributed by atoms with Gasteiger partial charge in [-0.3, -0.25) is 14.5 Å². The van der Waals surface area contributed by atoms with Gasteiger partial charge in [0.2, 0.25) is 5.91 Å². The van der Waals surface area contributed by atoms with E-state index in [0.717, 1.165) is 19.3 Å². The van der Waals surface area contributed by atoms with Crippen LogP contribution < -0.4 is 19.5 Å². The first kappa shape index (κ1) is 24.8. The molecule has 0 unspecified atom stereocenters. The number of amidine groups is 1. The van der Waals surface area contributed by atoms with Crippen molar-refractivity contribution < 1.29 is 22.7 Å². The van der Waals surface area contributed by atoms with Crippen LogP contribution in [0.3, 0.4) is 0 Å². The Hall–Kier alpha value is -3.84. The number of nitriles is 1. The van der Waals surface area contributed by atoms with E-state index in [1.54, 1.807) is 36.4 Å². The molecule has 0 radical (unpaired) electrons. The maximum Gasteiger partial charge on any atom is 0.262 e. The number of methoxy groups -OCH3 is 1. The van der Waals surface area contributed by atoms with Crippen LogP contribution in [0.4, 0.5) is 5.69 Å². The molecule has 1 heterocycles. The van der Waals surface area contributed by atoms with E-state index in [4.69, 9.17) is 14.7 Å². The van der Waals surface area contributed by atoms with Gasteiger partial charge >= 0.3 is 0 Å². The van der Waals surface area contributed by atoms with Crippen molar-refractivity contribution in [3.05, 3.63) is 54.1 Å². The third-order valence-electron chi connectivity index (χ3n) is 4.95. The average molecular weight is 483 g/mol. The molecule has 34 heavy (non-hydrogen) atoms. The third kappa shape index (κ3) is 7.08. The number of anilines is 1.